The molecule has 0 saturated carbocycles. The summed E-state index contributed by atoms with van der Waals surface area (Å²) in [7, 11) is 0. The predicted octanol–water partition coefficient (Wildman–Crippen LogP) is -0.00250. The molecule has 0 bridgehead atoms. The SMILES string of the molecule is [Ni].[Sm].[Sm].[Sm]. The van der Waals surface area contributed by atoms with Gasteiger partial charge in [0.2, 0.25) is 0 Å². The van der Waals surface area contributed by atoms with Gasteiger partial charge in [-0.05, 0) is 0 Å². The van der Waals surface area contributed by atoms with Crippen LogP contribution in [0.1, 0.15) is 0 Å². The van der Waals surface area contributed by atoms with Gasteiger partial charge >= 0.3 is 0 Å². The van der Waals surface area contributed by atoms with Gasteiger partial charge in [-0.25, -0.2) is 0 Å². The van der Waals surface area contributed by atoms with Gasteiger partial charge in [-0.15, -0.1) is 0 Å². The Bertz CT molecular complexity index is 3.25. The molecular formula is NiSm3. The van der Waals surface area contributed by atoms with Crippen LogP contribution in [0.25, 0.3) is 0 Å². The molecule has 0 nitrogen and oxygen atoms in total. The first-order chi connectivity index (χ1) is 0. The van der Waals surface area contributed by atoms with Gasteiger partial charge in [-0.3, -0.25) is 0 Å². The molecule has 0 aromatic heterocycles. The summed E-state index contributed by atoms with van der Waals surface area (Å²) in [4.78, 5) is 0. The normalized spacial score (nSPS) is 0. The fraction of sp³-hybridized carbons (Fsp3) is 0. The van der Waals surface area contributed by atoms with Crippen LogP contribution in [0.2, 0.25) is 0 Å². The minimum absolute atomic E-state index is 0. The number of hydrogen-bond donors (Lipinski definition) is 0. The summed E-state index contributed by atoms with van der Waals surface area (Å²) >= 11 is 0. The summed E-state index contributed by atoms with van der Waals surface area (Å²) in [5, 5.41) is 0. The molecule has 28 valence electrons. The Morgan fingerprint density at radius 2 is 0.500 bits per heavy atom. The molecule has 0 aliphatic rings. The van der Waals surface area contributed by atoms with E-state index in [-0.39, 0.29) is 138 Å². The molecule has 4 heavy (non-hydrogen) atoms. The fourth-order valence-electron chi connectivity index (χ4n) is 0. The maximum atomic E-state index is 0. The minimum atomic E-state index is 0. The van der Waals surface area contributed by atoms with Gasteiger partial charge < -0.3 is 0 Å². The van der Waals surface area contributed by atoms with Crippen LogP contribution in [0, 0.1) is 121 Å². The van der Waals surface area contributed by atoms with Gasteiger partial charge in [0.15, 0.2) is 0 Å². The zero-order valence-corrected chi connectivity index (χ0v) is 10.4. The van der Waals surface area contributed by atoms with Gasteiger partial charge in [-0.2, -0.15) is 0 Å². The Kier molecular flexibility index (Phi) is 92.3. The zero-order valence-electron chi connectivity index (χ0n) is 1.54. The zero-order chi connectivity index (χ0) is 0. The van der Waals surface area contributed by atoms with Crippen molar-refractivity contribution in [2.24, 2.45) is 0 Å². The van der Waals surface area contributed by atoms with Crippen molar-refractivity contribution in [3.05, 3.63) is 0 Å². The maximum Gasteiger partial charge on any atom is 0 e. The summed E-state index contributed by atoms with van der Waals surface area (Å²) in [6.07, 6.45) is 0. The second kappa shape index (κ2) is 15.6. The number of hydrogen-bond acceptors (Lipinski definition) is 0. The molecule has 0 unspecified atom stereocenters. The van der Waals surface area contributed by atoms with Crippen molar-refractivity contribution in [2.45, 2.75) is 0 Å². The Labute approximate surface area is 133 Å². The molecule has 0 amide bonds. The van der Waals surface area contributed by atoms with Crippen LogP contribution in [-0.2, 0) is 16.5 Å². The fourth-order valence-corrected chi connectivity index (χ4v) is 0. The smallest absolute Gasteiger partial charge is 0 e. The van der Waals surface area contributed by atoms with Crippen LogP contribution >= 0.6 is 0 Å². The van der Waals surface area contributed by atoms with E-state index < -0.39 is 0 Å². The van der Waals surface area contributed by atoms with E-state index in [0.717, 1.165) is 0 Å². The van der Waals surface area contributed by atoms with E-state index in [4.69, 9.17) is 0 Å². The Morgan fingerprint density at radius 1 is 0.500 bits per heavy atom. The van der Waals surface area contributed by atoms with E-state index in [1.165, 1.54) is 0 Å². The summed E-state index contributed by atoms with van der Waals surface area (Å²) in [6, 6.07) is 0. The van der Waals surface area contributed by atoms with Gasteiger partial charge in [0, 0.05) is 138 Å². The average molecular weight is 510 g/mol. The third-order valence-electron chi connectivity index (χ3n) is 0. The van der Waals surface area contributed by atoms with Crippen molar-refractivity contribution in [2.75, 3.05) is 0 Å². The van der Waals surface area contributed by atoms with E-state index in [1.807, 2.05) is 0 Å². The Hall–Kier alpha value is 4.51. The van der Waals surface area contributed by atoms with Gasteiger partial charge in [0.1, 0.15) is 0 Å². The molecule has 0 aromatic rings. The van der Waals surface area contributed by atoms with Gasteiger partial charge in [0.25, 0.3) is 0 Å². The molecule has 0 N–H and O–H groups in total. The predicted molar refractivity (Wildman–Crippen MR) is 0 cm³/mol. The Morgan fingerprint density at radius 3 is 0.500 bits per heavy atom. The molecule has 0 radical (unpaired) electrons. The van der Waals surface area contributed by atoms with Crippen LogP contribution in [0.3, 0.4) is 0 Å². The molecular weight excluding hydrogens is 510 g/mol. The van der Waals surface area contributed by atoms with E-state index >= 15 is 0 Å². The van der Waals surface area contributed by atoms with Crippen LogP contribution in [0.5, 0.6) is 0 Å². The summed E-state index contributed by atoms with van der Waals surface area (Å²) in [5.74, 6) is 0. The third kappa shape index (κ3) is 9.71. The van der Waals surface area contributed by atoms with E-state index in [9.17, 15) is 0 Å². The Balaban J connectivity index is 0. The van der Waals surface area contributed by atoms with E-state index in [0.29, 0.717) is 0 Å². The van der Waals surface area contributed by atoms with Crippen molar-refractivity contribution in [1.29, 1.82) is 0 Å². The van der Waals surface area contributed by atoms with E-state index in [1.54, 1.807) is 0 Å². The molecule has 0 aromatic carbocycles. The molecule has 4 heteroatoms. The van der Waals surface area contributed by atoms with Crippen LogP contribution in [-0.4, -0.2) is 0 Å². The molecule has 0 aliphatic heterocycles. The molecule has 0 atom stereocenters. The molecule has 0 aliphatic carbocycles. The van der Waals surface area contributed by atoms with Gasteiger partial charge in [0.05, 0.1) is 0 Å². The van der Waals surface area contributed by atoms with Crippen LogP contribution < -0.4 is 0 Å². The average Bonchev–Trinajstić information content (AvgIpc) is 0. The standard InChI is InChI=1S/Ni.3Sm. The minimum Gasteiger partial charge on any atom is 0 e. The second-order valence-electron chi connectivity index (χ2n) is 0. The van der Waals surface area contributed by atoms with Crippen molar-refractivity contribution >= 4 is 0 Å². The van der Waals surface area contributed by atoms with Gasteiger partial charge in [-0.1, -0.05) is 0 Å². The molecule has 0 heterocycles. The van der Waals surface area contributed by atoms with Crippen molar-refractivity contribution in [1.82, 2.24) is 0 Å². The maximum absolute atomic E-state index is 0. The monoisotopic (exact) mass is 514 g/mol. The summed E-state index contributed by atoms with van der Waals surface area (Å²) < 4.78 is 0. The second-order valence-corrected chi connectivity index (χ2v) is 0. The molecule has 0 fully saturated rings. The molecule has 0 saturated heterocycles. The molecule has 0 spiro atoms. The molecule has 0 rings (SSSR count). The first-order valence-corrected chi connectivity index (χ1v) is 0. The summed E-state index contributed by atoms with van der Waals surface area (Å²) in [6.45, 7) is 0. The van der Waals surface area contributed by atoms with Crippen LogP contribution in [0.4, 0.5) is 0 Å². The van der Waals surface area contributed by atoms with Crippen LogP contribution in [0.15, 0.2) is 0 Å². The largest absolute Gasteiger partial charge is 0 e. The number of rotatable bonds is 0. The third-order valence-corrected chi connectivity index (χ3v) is 0. The van der Waals surface area contributed by atoms with E-state index in [2.05, 4.69) is 0 Å². The quantitative estimate of drug-likeness (QED) is 0.404. The summed E-state index contributed by atoms with van der Waals surface area (Å²) in [5.41, 5.74) is 0. The topological polar surface area (TPSA) is 0 Å². The first kappa shape index (κ1) is 23.6. The van der Waals surface area contributed by atoms with Crippen molar-refractivity contribution in [3.63, 3.8) is 0 Å². The van der Waals surface area contributed by atoms with Crippen molar-refractivity contribution in [3.8, 4) is 0 Å². The van der Waals surface area contributed by atoms with Crippen molar-refractivity contribution < 1.29 is 138 Å². The first-order valence-electron chi connectivity index (χ1n) is 0.